The standard InChI is InChI=1S/C21H28N2O2/c1-16(21(2,3)18-9-5-4-6-10-18)23-20(25)22-15-7-8-17-11-13-19(24)14-12-17/h4-6,9-14,16,24H,7-8,15H2,1-3H3,(H2,22,23,25). The first-order valence-electron chi connectivity index (χ1n) is 8.77. The number of rotatable bonds is 7. The van der Waals surface area contributed by atoms with E-state index in [0.717, 1.165) is 18.4 Å². The first-order valence-corrected chi connectivity index (χ1v) is 8.77. The molecule has 1 atom stereocenters. The minimum atomic E-state index is -0.148. The van der Waals surface area contributed by atoms with E-state index in [1.807, 2.05) is 37.3 Å². The average Bonchev–Trinajstić information content (AvgIpc) is 2.61. The van der Waals surface area contributed by atoms with E-state index in [4.69, 9.17) is 0 Å². The maximum atomic E-state index is 12.1. The third-order valence-corrected chi connectivity index (χ3v) is 4.81. The van der Waals surface area contributed by atoms with Crippen LogP contribution in [0.15, 0.2) is 54.6 Å². The summed E-state index contributed by atoms with van der Waals surface area (Å²) in [4.78, 5) is 12.1. The number of aryl methyl sites for hydroxylation is 1. The Kier molecular flexibility index (Phi) is 6.45. The predicted octanol–water partition coefficient (Wildman–Crippen LogP) is 3.99. The quantitative estimate of drug-likeness (QED) is 0.667. The molecule has 1 unspecified atom stereocenters. The fraction of sp³-hybridized carbons (Fsp3) is 0.381. The normalized spacial score (nSPS) is 12.4. The molecular weight excluding hydrogens is 312 g/mol. The monoisotopic (exact) mass is 340 g/mol. The molecule has 0 aliphatic heterocycles. The van der Waals surface area contributed by atoms with Crippen LogP contribution >= 0.6 is 0 Å². The van der Waals surface area contributed by atoms with Crippen molar-refractivity contribution in [3.63, 3.8) is 0 Å². The topological polar surface area (TPSA) is 61.4 Å². The van der Waals surface area contributed by atoms with E-state index in [2.05, 4.69) is 36.6 Å². The summed E-state index contributed by atoms with van der Waals surface area (Å²) in [6.07, 6.45) is 1.72. The van der Waals surface area contributed by atoms with Gasteiger partial charge in [-0.2, -0.15) is 0 Å². The number of urea groups is 1. The van der Waals surface area contributed by atoms with Gasteiger partial charge in [0.15, 0.2) is 0 Å². The van der Waals surface area contributed by atoms with Gasteiger partial charge in [0.2, 0.25) is 0 Å². The lowest BCUT2D eigenvalue weighted by Crippen LogP contribution is -2.49. The van der Waals surface area contributed by atoms with Gasteiger partial charge in [-0.1, -0.05) is 56.3 Å². The van der Waals surface area contributed by atoms with E-state index in [1.54, 1.807) is 12.1 Å². The summed E-state index contributed by atoms with van der Waals surface area (Å²) in [5.74, 6) is 0.274. The lowest BCUT2D eigenvalue weighted by molar-refractivity contribution is 0.231. The molecule has 0 radical (unpaired) electrons. The number of carbonyl (C=O) groups excluding carboxylic acids is 1. The molecule has 0 aromatic heterocycles. The molecule has 0 bridgehead atoms. The second-order valence-corrected chi connectivity index (χ2v) is 6.98. The van der Waals surface area contributed by atoms with Crippen LogP contribution in [0.3, 0.4) is 0 Å². The maximum Gasteiger partial charge on any atom is 0.315 e. The van der Waals surface area contributed by atoms with Crippen LogP contribution in [0.1, 0.15) is 38.3 Å². The zero-order valence-corrected chi connectivity index (χ0v) is 15.3. The van der Waals surface area contributed by atoms with Crippen molar-refractivity contribution in [2.75, 3.05) is 6.54 Å². The molecule has 0 saturated carbocycles. The fourth-order valence-corrected chi connectivity index (χ4v) is 2.70. The second kappa shape index (κ2) is 8.56. The third kappa shape index (κ3) is 5.52. The molecule has 0 aliphatic rings. The van der Waals surface area contributed by atoms with Gasteiger partial charge < -0.3 is 15.7 Å². The number of hydrogen-bond donors (Lipinski definition) is 3. The van der Waals surface area contributed by atoms with Gasteiger partial charge in [-0.15, -0.1) is 0 Å². The molecule has 2 aromatic rings. The smallest absolute Gasteiger partial charge is 0.315 e. The van der Waals surface area contributed by atoms with Crippen molar-refractivity contribution in [3.05, 3.63) is 65.7 Å². The van der Waals surface area contributed by atoms with E-state index in [9.17, 15) is 9.90 Å². The number of phenols is 1. The summed E-state index contributed by atoms with van der Waals surface area (Å²) < 4.78 is 0. The van der Waals surface area contributed by atoms with Crippen molar-refractivity contribution < 1.29 is 9.90 Å². The molecule has 4 nitrogen and oxygen atoms in total. The highest BCUT2D eigenvalue weighted by Gasteiger charge is 2.28. The summed E-state index contributed by atoms with van der Waals surface area (Å²) in [6.45, 7) is 6.92. The Morgan fingerprint density at radius 3 is 2.36 bits per heavy atom. The Bertz CT molecular complexity index is 666. The predicted molar refractivity (Wildman–Crippen MR) is 102 cm³/mol. The van der Waals surface area contributed by atoms with Gasteiger partial charge in [-0.05, 0) is 43.0 Å². The molecule has 25 heavy (non-hydrogen) atoms. The Hall–Kier alpha value is -2.49. The van der Waals surface area contributed by atoms with Gasteiger partial charge in [-0.25, -0.2) is 4.79 Å². The Morgan fingerprint density at radius 2 is 1.72 bits per heavy atom. The van der Waals surface area contributed by atoms with Crippen LogP contribution in [0, 0.1) is 0 Å². The first-order chi connectivity index (χ1) is 11.9. The van der Waals surface area contributed by atoms with Gasteiger partial charge >= 0.3 is 6.03 Å². The van der Waals surface area contributed by atoms with Crippen LogP contribution in [0.25, 0.3) is 0 Å². The Labute approximate surface area is 150 Å². The van der Waals surface area contributed by atoms with E-state index in [-0.39, 0.29) is 23.2 Å². The average molecular weight is 340 g/mol. The van der Waals surface area contributed by atoms with Crippen molar-refractivity contribution >= 4 is 6.03 Å². The van der Waals surface area contributed by atoms with Crippen LogP contribution in [0.5, 0.6) is 5.75 Å². The van der Waals surface area contributed by atoms with Crippen LogP contribution in [-0.2, 0) is 11.8 Å². The lowest BCUT2D eigenvalue weighted by atomic mass is 9.78. The highest BCUT2D eigenvalue weighted by molar-refractivity contribution is 5.74. The zero-order chi connectivity index (χ0) is 18.3. The van der Waals surface area contributed by atoms with Gasteiger partial charge in [0, 0.05) is 18.0 Å². The van der Waals surface area contributed by atoms with E-state index in [1.165, 1.54) is 5.56 Å². The van der Waals surface area contributed by atoms with Crippen molar-refractivity contribution in [1.82, 2.24) is 10.6 Å². The van der Waals surface area contributed by atoms with Crippen LogP contribution < -0.4 is 10.6 Å². The largest absolute Gasteiger partial charge is 0.508 e. The molecular formula is C21H28N2O2. The van der Waals surface area contributed by atoms with Crippen LogP contribution in [0.4, 0.5) is 4.79 Å². The minimum Gasteiger partial charge on any atom is -0.508 e. The van der Waals surface area contributed by atoms with Crippen molar-refractivity contribution in [2.24, 2.45) is 0 Å². The Balaban J connectivity index is 1.75. The van der Waals surface area contributed by atoms with Crippen molar-refractivity contribution in [2.45, 2.75) is 45.1 Å². The summed E-state index contributed by atoms with van der Waals surface area (Å²) in [5.41, 5.74) is 2.21. The number of aromatic hydroxyl groups is 1. The zero-order valence-electron chi connectivity index (χ0n) is 15.3. The van der Waals surface area contributed by atoms with E-state index in [0.29, 0.717) is 6.54 Å². The number of hydrogen-bond acceptors (Lipinski definition) is 2. The molecule has 0 heterocycles. The molecule has 0 saturated heterocycles. The molecule has 0 spiro atoms. The van der Waals surface area contributed by atoms with Gasteiger partial charge in [0.1, 0.15) is 5.75 Å². The molecule has 4 heteroatoms. The summed E-state index contributed by atoms with van der Waals surface area (Å²) >= 11 is 0. The van der Waals surface area contributed by atoms with Gasteiger partial charge in [-0.3, -0.25) is 0 Å². The first kappa shape index (κ1) is 18.8. The molecule has 2 aromatic carbocycles. The van der Waals surface area contributed by atoms with Crippen LogP contribution in [0.2, 0.25) is 0 Å². The molecule has 3 N–H and O–H groups in total. The number of phenolic OH excluding ortho intramolecular Hbond substituents is 1. The van der Waals surface area contributed by atoms with Gasteiger partial charge in [0.05, 0.1) is 0 Å². The highest BCUT2D eigenvalue weighted by atomic mass is 16.3. The maximum absolute atomic E-state index is 12.1. The fourth-order valence-electron chi connectivity index (χ4n) is 2.70. The number of nitrogens with one attached hydrogen (secondary N) is 2. The van der Waals surface area contributed by atoms with Crippen molar-refractivity contribution in [3.8, 4) is 5.75 Å². The number of amides is 2. The van der Waals surface area contributed by atoms with Crippen molar-refractivity contribution in [1.29, 1.82) is 0 Å². The summed E-state index contributed by atoms with van der Waals surface area (Å²) in [5, 5.41) is 15.2. The lowest BCUT2D eigenvalue weighted by Gasteiger charge is -2.33. The molecule has 0 aliphatic carbocycles. The third-order valence-electron chi connectivity index (χ3n) is 4.81. The van der Waals surface area contributed by atoms with E-state index < -0.39 is 0 Å². The SMILES string of the molecule is CC(NC(=O)NCCCc1ccc(O)cc1)C(C)(C)c1ccccc1. The number of benzene rings is 2. The van der Waals surface area contributed by atoms with Crippen LogP contribution in [-0.4, -0.2) is 23.7 Å². The molecule has 2 amide bonds. The highest BCUT2D eigenvalue weighted by Crippen LogP contribution is 2.26. The molecule has 134 valence electrons. The molecule has 2 rings (SSSR count). The number of carbonyl (C=O) groups is 1. The minimum absolute atomic E-state index is 0.00648. The second-order valence-electron chi connectivity index (χ2n) is 6.98. The van der Waals surface area contributed by atoms with E-state index >= 15 is 0 Å². The summed E-state index contributed by atoms with van der Waals surface area (Å²) in [6, 6.07) is 17.3. The Morgan fingerprint density at radius 1 is 1.08 bits per heavy atom. The molecule has 0 fully saturated rings. The van der Waals surface area contributed by atoms with Gasteiger partial charge in [0.25, 0.3) is 0 Å². The summed E-state index contributed by atoms with van der Waals surface area (Å²) in [7, 11) is 0.